The summed E-state index contributed by atoms with van der Waals surface area (Å²) in [5, 5.41) is 13.0. The van der Waals surface area contributed by atoms with Gasteiger partial charge in [-0.3, -0.25) is 0 Å². The third kappa shape index (κ3) is 4.84. The predicted molar refractivity (Wildman–Crippen MR) is 75.2 cm³/mol. The first-order valence-electron chi connectivity index (χ1n) is 5.92. The maximum absolute atomic E-state index is 9.68. The zero-order chi connectivity index (χ0) is 13.5. The molecule has 1 aromatic rings. The minimum atomic E-state index is 0.129. The molecular weight excluding hydrogens is 298 g/mol. The van der Waals surface area contributed by atoms with Crippen LogP contribution in [0, 0.1) is 0 Å². The molecular formula is C13H20BrNO3. The topological polar surface area (TPSA) is 50.7 Å². The fourth-order valence-electron chi connectivity index (χ4n) is 1.48. The highest BCUT2D eigenvalue weighted by Crippen LogP contribution is 2.35. The molecule has 0 unspecified atom stereocenters. The molecule has 1 rings (SSSR count). The first-order valence-corrected chi connectivity index (χ1v) is 6.71. The standard InChI is InChI=1S/C13H20BrNO3/c1-9(2)18-5-4-15-8-10-6-11(14)13(16)12(7-10)17-3/h6-7,9,15-16H,4-5,8H2,1-3H3. The number of methoxy groups -OCH3 is 1. The average molecular weight is 318 g/mol. The number of phenols is 1. The molecule has 0 saturated carbocycles. The van der Waals surface area contributed by atoms with Crippen molar-refractivity contribution in [3.8, 4) is 11.5 Å². The van der Waals surface area contributed by atoms with E-state index in [4.69, 9.17) is 9.47 Å². The van der Waals surface area contributed by atoms with Gasteiger partial charge in [-0.1, -0.05) is 0 Å². The van der Waals surface area contributed by atoms with Gasteiger partial charge in [0.25, 0.3) is 0 Å². The van der Waals surface area contributed by atoms with E-state index in [1.165, 1.54) is 7.11 Å². The van der Waals surface area contributed by atoms with Crippen LogP contribution in [0.2, 0.25) is 0 Å². The Labute approximate surface area is 116 Å². The Morgan fingerprint density at radius 3 is 2.72 bits per heavy atom. The van der Waals surface area contributed by atoms with Gasteiger partial charge >= 0.3 is 0 Å². The lowest BCUT2D eigenvalue weighted by Gasteiger charge is -2.11. The smallest absolute Gasteiger partial charge is 0.172 e. The molecule has 0 bridgehead atoms. The van der Waals surface area contributed by atoms with Crippen molar-refractivity contribution in [2.45, 2.75) is 26.5 Å². The van der Waals surface area contributed by atoms with E-state index >= 15 is 0 Å². The molecule has 18 heavy (non-hydrogen) atoms. The van der Waals surface area contributed by atoms with Gasteiger partial charge in [-0.15, -0.1) is 0 Å². The van der Waals surface area contributed by atoms with Crippen molar-refractivity contribution >= 4 is 15.9 Å². The van der Waals surface area contributed by atoms with Gasteiger partial charge < -0.3 is 19.9 Å². The van der Waals surface area contributed by atoms with Crippen molar-refractivity contribution in [2.75, 3.05) is 20.3 Å². The second-order valence-electron chi connectivity index (χ2n) is 4.22. The Morgan fingerprint density at radius 1 is 1.39 bits per heavy atom. The zero-order valence-electron chi connectivity index (χ0n) is 11.0. The Bertz CT molecular complexity index is 383. The van der Waals surface area contributed by atoms with Crippen LogP contribution in [0.15, 0.2) is 16.6 Å². The molecule has 1 aromatic carbocycles. The first-order chi connectivity index (χ1) is 8.54. The molecule has 0 radical (unpaired) electrons. The van der Waals surface area contributed by atoms with E-state index < -0.39 is 0 Å². The molecule has 0 fully saturated rings. The van der Waals surface area contributed by atoms with E-state index in [0.717, 1.165) is 12.1 Å². The molecule has 0 spiro atoms. The molecule has 0 atom stereocenters. The molecule has 0 aliphatic carbocycles. The van der Waals surface area contributed by atoms with E-state index in [2.05, 4.69) is 21.2 Å². The number of hydrogen-bond donors (Lipinski definition) is 2. The van der Waals surface area contributed by atoms with Crippen LogP contribution in [0.3, 0.4) is 0 Å². The van der Waals surface area contributed by atoms with Gasteiger partial charge in [-0.25, -0.2) is 0 Å². The Balaban J connectivity index is 2.45. The van der Waals surface area contributed by atoms with E-state index in [9.17, 15) is 5.11 Å². The third-order valence-electron chi connectivity index (χ3n) is 2.37. The van der Waals surface area contributed by atoms with Crippen LogP contribution in [0.4, 0.5) is 0 Å². The summed E-state index contributed by atoms with van der Waals surface area (Å²) < 4.78 is 11.2. The summed E-state index contributed by atoms with van der Waals surface area (Å²) in [5.41, 5.74) is 1.04. The van der Waals surface area contributed by atoms with Gasteiger partial charge in [-0.05, 0) is 47.5 Å². The zero-order valence-corrected chi connectivity index (χ0v) is 12.6. The van der Waals surface area contributed by atoms with Gasteiger partial charge in [0.05, 0.1) is 24.3 Å². The first kappa shape index (κ1) is 15.3. The molecule has 0 heterocycles. The van der Waals surface area contributed by atoms with Crippen LogP contribution < -0.4 is 10.1 Å². The molecule has 102 valence electrons. The van der Waals surface area contributed by atoms with E-state index in [1.54, 1.807) is 0 Å². The fraction of sp³-hybridized carbons (Fsp3) is 0.538. The number of nitrogens with one attached hydrogen (secondary N) is 1. The number of ether oxygens (including phenoxy) is 2. The molecule has 0 amide bonds. The largest absolute Gasteiger partial charge is 0.503 e. The summed E-state index contributed by atoms with van der Waals surface area (Å²) >= 11 is 3.30. The highest BCUT2D eigenvalue weighted by molar-refractivity contribution is 9.10. The number of halogens is 1. The summed E-state index contributed by atoms with van der Waals surface area (Å²) in [4.78, 5) is 0. The van der Waals surface area contributed by atoms with Crippen LogP contribution in [0.1, 0.15) is 19.4 Å². The van der Waals surface area contributed by atoms with Gasteiger partial charge in [0, 0.05) is 13.1 Å². The molecule has 0 aromatic heterocycles. The summed E-state index contributed by atoms with van der Waals surface area (Å²) in [6, 6.07) is 3.69. The highest BCUT2D eigenvalue weighted by atomic mass is 79.9. The van der Waals surface area contributed by atoms with Crippen molar-refractivity contribution in [3.63, 3.8) is 0 Å². The van der Waals surface area contributed by atoms with Crippen molar-refractivity contribution in [1.29, 1.82) is 0 Å². The average Bonchev–Trinajstić information content (AvgIpc) is 2.32. The van der Waals surface area contributed by atoms with Gasteiger partial charge in [0.2, 0.25) is 0 Å². The minimum absolute atomic E-state index is 0.129. The van der Waals surface area contributed by atoms with Crippen molar-refractivity contribution in [3.05, 3.63) is 22.2 Å². The maximum Gasteiger partial charge on any atom is 0.172 e. The third-order valence-corrected chi connectivity index (χ3v) is 2.97. The summed E-state index contributed by atoms with van der Waals surface area (Å²) in [5.74, 6) is 0.601. The van der Waals surface area contributed by atoms with Gasteiger partial charge in [-0.2, -0.15) is 0 Å². The minimum Gasteiger partial charge on any atom is -0.503 e. The summed E-state index contributed by atoms with van der Waals surface area (Å²) in [6.45, 7) is 6.22. The molecule has 5 heteroatoms. The predicted octanol–water partition coefficient (Wildman–Crippen LogP) is 2.68. The lowest BCUT2D eigenvalue weighted by atomic mass is 10.2. The molecule has 0 aliphatic heterocycles. The van der Waals surface area contributed by atoms with Crippen LogP contribution in [0.5, 0.6) is 11.5 Å². The lowest BCUT2D eigenvalue weighted by Crippen LogP contribution is -2.20. The molecule has 2 N–H and O–H groups in total. The van der Waals surface area contributed by atoms with Crippen LogP contribution in [-0.2, 0) is 11.3 Å². The summed E-state index contributed by atoms with van der Waals surface area (Å²) in [6.07, 6.45) is 0.259. The van der Waals surface area contributed by atoms with Crippen LogP contribution in [0.25, 0.3) is 0 Å². The number of phenolic OH excluding ortho intramolecular Hbond substituents is 1. The number of benzene rings is 1. The SMILES string of the molecule is COc1cc(CNCCOC(C)C)cc(Br)c1O. The number of hydrogen-bond acceptors (Lipinski definition) is 4. The molecule has 4 nitrogen and oxygen atoms in total. The highest BCUT2D eigenvalue weighted by Gasteiger charge is 2.08. The fourth-order valence-corrected chi connectivity index (χ4v) is 1.97. The Hall–Kier alpha value is -0.780. The van der Waals surface area contributed by atoms with Crippen molar-refractivity contribution < 1.29 is 14.6 Å². The summed E-state index contributed by atoms with van der Waals surface area (Å²) in [7, 11) is 1.54. The quantitative estimate of drug-likeness (QED) is 0.759. The van der Waals surface area contributed by atoms with Gasteiger partial charge in [0.1, 0.15) is 0 Å². The number of aromatic hydroxyl groups is 1. The van der Waals surface area contributed by atoms with E-state index in [1.807, 2.05) is 26.0 Å². The monoisotopic (exact) mass is 317 g/mol. The molecule has 0 aliphatic rings. The second kappa shape index (κ2) is 7.61. The van der Waals surface area contributed by atoms with Gasteiger partial charge in [0.15, 0.2) is 11.5 Å². The van der Waals surface area contributed by atoms with E-state index in [-0.39, 0.29) is 11.9 Å². The molecule has 0 saturated heterocycles. The van der Waals surface area contributed by atoms with Crippen molar-refractivity contribution in [2.24, 2.45) is 0 Å². The van der Waals surface area contributed by atoms with Crippen LogP contribution >= 0.6 is 15.9 Å². The number of rotatable bonds is 7. The lowest BCUT2D eigenvalue weighted by molar-refractivity contribution is 0.0807. The normalized spacial score (nSPS) is 10.9. The van der Waals surface area contributed by atoms with Crippen LogP contribution in [-0.4, -0.2) is 31.5 Å². The maximum atomic E-state index is 9.68. The Kier molecular flexibility index (Phi) is 6.46. The Morgan fingerprint density at radius 2 is 2.11 bits per heavy atom. The van der Waals surface area contributed by atoms with E-state index in [0.29, 0.717) is 23.4 Å². The second-order valence-corrected chi connectivity index (χ2v) is 5.08. The van der Waals surface area contributed by atoms with Crippen molar-refractivity contribution in [1.82, 2.24) is 5.32 Å².